The maximum absolute atomic E-state index is 14.0. The Bertz CT molecular complexity index is 521. The van der Waals surface area contributed by atoms with Crippen molar-refractivity contribution < 1.29 is 22.7 Å². The number of aryl methyl sites for hydroxylation is 1. The van der Waals surface area contributed by atoms with Crippen LogP contribution in [0, 0.1) is 6.92 Å². The van der Waals surface area contributed by atoms with Crippen LogP contribution in [0.15, 0.2) is 0 Å². The van der Waals surface area contributed by atoms with Crippen molar-refractivity contribution in [3.8, 4) is 0 Å². The molecule has 0 unspecified atom stereocenters. The summed E-state index contributed by atoms with van der Waals surface area (Å²) in [5.74, 6) is 0. The van der Waals surface area contributed by atoms with Crippen LogP contribution >= 0.6 is 0 Å². The highest BCUT2D eigenvalue weighted by atomic mass is 19.2. The Balaban J connectivity index is 1.97. The Morgan fingerprint density at radius 3 is 2.50 bits per heavy atom. The summed E-state index contributed by atoms with van der Waals surface area (Å²) in [4.78, 5) is 0. The third-order valence-corrected chi connectivity index (χ3v) is 4.32. The van der Waals surface area contributed by atoms with Gasteiger partial charge in [-0.1, -0.05) is 0 Å². The molecule has 3 rings (SSSR count). The summed E-state index contributed by atoms with van der Waals surface area (Å²) in [5, 5.41) is 13.8. The molecule has 0 amide bonds. The average molecular weight is 292 g/mol. The van der Waals surface area contributed by atoms with E-state index < -0.39 is 36.8 Å². The standard InChI is InChI=1S/C13H16F4N2O/c1-5-9-12(10(16)11(17)13(9)20)19(18-5)6-2-3-7(14)8(15)4-6/h6-8,10-11,13,20H,2-4H2,1H3/t6-,7-,8+,10-,11+,13-/m0/s1. The average Bonchev–Trinajstić information content (AvgIpc) is 2.86. The molecule has 0 spiro atoms. The van der Waals surface area contributed by atoms with Crippen LogP contribution < -0.4 is 0 Å². The summed E-state index contributed by atoms with van der Waals surface area (Å²) in [6, 6.07) is -0.491. The predicted octanol–water partition coefficient (Wildman–Crippen LogP) is 2.99. The highest BCUT2D eigenvalue weighted by Gasteiger charge is 2.47. The van der Waals surface area contributed by atoms with Gasteiger partial charge in [-0.25, -0.2) is 17.6 Å². The SMILES string of the molecule is Cc1nn([C@H]2CC[C@H](F)[C@H](F)C2)c2c1[C@H](O)[C@H](F)[C@@H]2F. The highest BCUT2D eigenvalue weighted by molar-refractivity contribution is 5.37. The number of fused-ring (bicyclic) bond motifs is 1. The molecule has 0 radical (unpaired) electrons. The van der Waals surface area contributed by atoms with Crippen molar-refractivity contribution in [3.05, 3.63) is 17.0 Å². The maximum Gasteiger partial charge on any atom is 0.176 e. The molecule has 1 aromatic rings. The van der Waals surface area contributed by atoms with Gasteiger partial charge in [0.25, 0.3) is 0 Å². The molecule has 20 heavy (non-hydrogen) atoms. The van der Waals surface area contributed by atoms with Crippen LogP contribution in [-0.4, -0.2) is 33.4 Å². The molecule has 3 nitrogen and oxygen atoms in total. The first kappa shape index (κ1) is 13.9. The first-order chi connectivity index (χ1) is 9.41. The van der Waals surface area contributed by atoms with Gasteiger partial charge in [0.15, 0.2) is 12.3 Å². The van der Waals surface area contributed by atoms with E-state index in [1.54, 1.807) is 6.92 Å². The minimum atomic E-state index is -2.02. The Morgan fingerprint density at radius 1 is 1.15 bits per heavy atom. The van der Waals surface area contributed by atoms with Gasteiger partial charge in [-0.3, -0.25) is 4.68 Å². The minimum Gasteiger partial charge on any atom is -0.385 e. The third kappa shape index (κ3) is 1.86. The number of hydrogen-bond acceptors (Lipinski definition) is 2. The molecule has 7 heteroatoms. The molecular weight excluding hydrogens is 276 g/mol. The summed E-state index contributed by atoms with van der Waals surface area (Å²) in [5.41, 5.74) is 0.480. The minimum absolute atomic E-state index is 0.0167. The van der Waals surface area contributed by atoms with Gasteiger partial charge < -0.3 is 5.11 Å². The molecule has 1 fully saturated rings. The lowest BCUT2D eigenvalue weighted by Crippen LogP contribution is -2.30. The maximum atomic E-state index is 14.0. The van der Waals surface area contributed by atoms with Crippen molar-refractivity contribution in [2.24, 2.45) is 0 Å². The second-order valence-electron chi connectivity index (χ2n) is 5.62. The van der Waals surface area contributed by atoms with Crippen LogP contribution in [0.1, 0.15) is 54.5 Å². The second kappa shape index (κ2) is 4.72. The van der Waals surface area contributed by atoms with Crippen LogP contribution in [0.4, 0.5) is 17.6 Å². The molecule has 0 aromatic carbocycles. The Hall–Kier alpha value is -1.11. The number of alkyl halides is 4. The van der Waals surface area contributed by atoms with Crippen LogP contribution in [0.5, 0.6) is 0 Å². The van der Waals surface area contributed by atoms with Crippen molar-refractivity contribution in [3.63, 3.8) is 0 Å². The highest BCUT2D eigenvalue weighted by Crippen LogP contribution is 2.47. The van der Waals surface area contributed by atoms with Gasteiger partial charge in [0.05, 0.1) is 17.4 Å². The third-order valence-electron chi connectivity index (χ3n) is 4.32. The van der Waals surface area contributed by atoms with Gasteiger partial charge >= 0.3 is 0 Å². The van der Waals surface area contributed by atoms with Crippen molar-refractivity contribution in [1.82, 2.24) is 9.78 Å². The monoisotopic (exact) mass is 292 g/mol. The number of hydrogen-bond donors (Lipinski definition) is 1. The lowest BCUT2D eigenvalue weighted by atomic mass is 9.92. The van der Waals surface area contributed by atoms with Gasteiger partial charge in [-0.2, -0.15) is 5.10 Å². The molecule has 1 N–H and O–H groups in total. The normalized spacial score (nSPS) is 40.9. The van der Waals surface area contributed by atoms with Crippen molar-refractivity contribution in [2.75, 3.05) is 0 Å². The smallest absolute Gasteiger partial charge is 0.176 e. The fourth-order valence-electron chi connectivity index (χ4n) is 3.25. The van der Waals surface area contributed by atoms with E-state index in [0.717, 1.165) is 0 Å². The molecule has 6 atom stereocenters. The fraction of sp³-hybridized carbons (Fsp3) is 0.769. The molecular formula is C13H16F4N2O. The van der Waals surface area contributed by atoms with Gasteiger partial charge in [-0.05, 0) is 19.8 Å². The Kier molecular flexibility index (Phi) is 3.27. The zero-order valence-corrected chi connectivity index (χ0v) is 10.9. The van der Waals surface area contributed by atoms with Crippen LogP contribution in [0.25, 0.3) is 0 Å². The molecule has 0 aliphatic heterocycles. The van der Waals surface area contributed by atoms with E-state index in [4.69, 9.17) is 0 Å². The van der Waals surface area contributed by atoms with E-state index in [1.807, 2.05) is 0 Å². The van der Waals surface area contributed by atoms with Crippen molar-refractivity contribution in [1.29, 1.82) is 0 Å². The molecule has 2 aliphatic carbocycles. The number of nitrogens with zero attached hydrogens (tertiary/aromatic N) is 2. The molecule has 1 heterocycles. The quantitative estimate of drug-likeness (QED) is 0.808. The van der Waals surface area contributed by atoms with Crippen LogP contribution in [-0.2, 0) is 0 Å². The first-order valence-corrected chi connectivity index (χ1v) is 6.75. The number of aromatic nitrogens is 2. The van der Waals surface area contributed by atoms with Crippen LogP contribution in [0.3, 0.4) is 0 Å². The van der Waals surface area contributed by atoms with E-state index in [0.29, 0.717) is 12.1 Å². The fourth-order valence-corrected chi connectivity index (χ4v) is 3.25. The Labute approximate surface area is 113 Å². The van der Waals surface area contributed by atoms with E-state index in [2.05, 4.69) is 5.10 Å². The molecule has 1 saturated carbocycles. The predicted molar refractivity (Wildman–Crippen MR) is 63.3 cm³/mol. The van der Waals surface area contributed by atoms with Gasteiger partial charge in [0.2, 0.25) is 0 Å². The summed E-state index contributed by atoms with van der Waals surface area (Å²) < 4.78 is 55.5. The number of aliphatic hydroxyl groups is 1. The lowest BCUT2D eigenvalue weighted by molar-refractivity contribution is 0.0417. The molecule has 112 valence electrons. The molecule has 0 bridgehead atoms. The van der Waals surface area contributed by atoms with E-state index in [1.165, 1.54) is 4.68 Å². The van der Waals surface area contributed by atoms with Gasteiger partial charge in [-0.15, -0.1) is 0 Å². The number of aliphatic hydroxyl groups excluding tert-OH is 1. The van der Waals surface area contributed by atoms with Crippen molar-refractivity contribution >= 4 is 0 Å². The van der Waals surface area contributed by atoms with E-state index >= 15 is 0 Å². The summed E-state index contributed by atoms with van der Waals surface area (Å²) in [6.45, 7) is 1.55. The van der Waals surface area contributed by atoms with Gasteiger partial charge in [0.1, 0.15) is 18.4 Å². The molecule has 0 saturated heterocycles. The molecule has 2 aliphatic rings. The summed E-state index contributed by atoms with van der Waals surface area (Å²) >= 11 is 0. The lowest BCUT2D eigenvalue weighted by Gasteiger charge is -2.29. The Morgan fingerprint density at radius 2 is 1.85 bits per heavy atom. The zero-order valence-electron chi connectivity index (χ0n) is 10.9. The second-order valence-corrected chi connectivity index (χ2v) is 5.62. The van der Waals surface area contributed by atoms with Crippen LogP contribution in [0.2, 0.25) is 0 Å². The van der Waals surface area contributed by atoms with Crippen molar-refractivity contribution in [2.45, 2.75) is 63.0 Å². The number of rotatable bonds is 1. The first-order valence-electron chi connectivity index (χ1n) is 6.75. The zero-order chi connectivity index (χ0) is 14.6. The topological polar surface area (TPSA) is 38.0 Å². The largest absolute Gasteiger partial charge is 0.385 e. The molecule has 1 aromatic heterocycles. The summed E-state index contributed by atoms with van der Waals surface area (Å²) in [7, 11) is 0. The number of halogens is 4. The van der Waals surface area contributed by atoms with E-state index in [-0.39, 0.29) is 24.1 Å². The van der Waals surface area contributed by atoms with E-state index in [9.17, 15) is 22.7 Å². The summed E-state index contributed by atoms with van der Waals surface area (Å²) in [6.07, 6.45) is -8.38. The van der Waals surface area contributed by atoms with Gasteiger partial charge in [0, 0.05) is 12.0 Å².